The van der Waals surface area contributed by atoms with E-state index in [0.29, 0.717) is 45.2 Å². The number of carbonyl (C=O) groups is 2. The van der Waals surface area contributed by atoms with Crippen molar-refractivity contribution in [3.63, 3.8) is 0 Å². The van der Waals surface area contributed by atoms with E-state index in [-0.39, 0.29) is 71.0 Å². The van der Waals surface area contributed by atoms with E-state index in [0.717, 1.165) is 11.7 Å². The number of nitrogens with zero attached hydrogens (tertiary/aromatic N) is 2. The average Bonchev–Trinajstić information content (AvgIpc) is 3.41. The molecule has 0 atom stereocenters. The second-order valence-corrected chi connectivity index (χ2v) is 11.3. The first-order valence-corrected chi connectivity index (χ1v) is 14.7. The fourth-order valence-corrected chi connectivity index (χ4v) is 5.07. The maximum Gasteiger partial charge on any atom is 1.00 e. The zero-order valence-electron chi connectivity index (χ0n) is 26.3. The van der Waals surface area contributed by atoms with Crippen molar-refractivity contribution in [2.75, 3.05) is 7.11 Å². The number of allylic oxidation sites excluding steroid dienone is 1. The molecule has 0 fully saturated rings. The first-order chi connectivity index (χ1) is 20.5. The van der Waals surface area contributed by atoms with Gasteiger partial charge in [0.15, 0.2) is 17.3 Å². The number of hydrogen-bond acceptors (Lipinski definition) is 10. The van der Waals surface area contributed by atoms with E-state index in [1.807, 2.05) is 41.5 Å². The molecule has 0 saturated carbocycles. The van der Waals surface area contributed by atoms with Gasteiger partial charge in [-0.1, -0.05) is 6.07 Å². The molecule has 11 heteroatoms. The molecule has 0 aliphatic heterocycles. The van der Waals surface area contributed by atoms with Gasteiger partial charge in [-0.25, -0.2) is 0 Å². The van der Waals surface area contributed by atoms with Crippen molar-refractivity contribution in [1.82, 2.24) is 8.75 Å². The number of aliphatic carboxylic acids is 1. The van der Waals surface area contributed by atoms with E-state index in [1.165, 1.54) is 7.11 Å². The van der Waals surface area contributed by atoms with Gasteiger partial charge >= 0.3 is 29.6 Å². The number of benzene rings is 3. The first-order valence-electron chi connectivity index (χ1n) is 14.0. The van der Waals surface area contributed by atoms with E-state index in [4.69, 9.17) is 18.9 Å². The van der Waals surface area contributed by atoms with Crippen LogP contribution in [-0.2, 0) is 11.2 Å². The van der Waals surface area contributed by atoms with Crippen molar-refractivity contribution < 1.29 is 63.2 Å². The van der Waals surface area contributed by atoms with Gasteiger partial charge < -0.3 is 28.8 Å². The largest absolute Gasteiger partial charge is 1.00 e. The Labute approximate surface area is 283 Å². The number of aromatic nitrogens is 2. The molecule has 1 heterocycles. The molecule has 226 valence electrons. The van der Waals surface area contributed by atoms with Crippen molar-refractivity contribution in [3.8, 4) is 23.0 Å². The number of carboxylic acids is 1. The van der Waals surface area contributed by atoms with Crippen LogP contribution in [0.4, 0.5) is 0 Å². The number of carbonyl (C=O) groups excluding carboxylic acids is 2. The second kappa shape index (κ2) is 15.5. The normalized spacial score (nSPS) is 11.8. The topological polar surface area (TPSA) is 120 Å². The van der Waals surface area contributed by atoms with Gasteiger partial charge in [0.05, 0.1) is 43.1 Å². The summed E-state index contributed by atoms with van der Waals surface area (Å²) in [5.41, 5.74) is 2.10. The van der Waals surface area contributed by atoms with Crippen LogP contribution >= 0.6 is 11.7 Å². The van der Waals surface area contributed by atoms with Gasteiger partial charge in [-0.3, -0.25) is 4.79 Å². The summed E-state index contributed by atoms with van der Waals surface area (Å²) in [4.78, 5) is 26.9. The minimum Gasteiger partial charge on any atom is -0.545 e. The molecule has 0 aliphatic carbocycles. The molecule has 0 saturated heterocycles. The third-order valence-electron chi connectivity index (χ3n) is 6.21. The van der Waals surface area contributed by atoms with Crippen molar-refractivity contribution >= 4 is 40.1 Å². The Morgan fingerprint density at radius 3 is 1.95 bits per heavy atom. The van der Waals surface area contributed by atoms with E-state index in [1.54, 1.807) is 54.6 Å². The third kappa shape index (κ3) is 8.59. The quantitative estimate of drug-likeness (QED) is 0.125. The number of rotatable bonds is 13. The van der Waals surface area contributed by atoms with Gasteiger partial charge in [-0.2, -0.15) is 8.75 Å². The molecule has 0 radical (unpaired) electrons. The summed E-state index contributed by atoms with van der Waals surface area (Å²) in [7, 11) is 1.51. The van der Waals surface area contributed by atoms with Crippen LogP contribution in [0, 0.1) is 0 Å². The Balaban J connectivity index is 0.00000529. The van der Waals surface area contributed by atoms with E-state index in [2.05, 4.69) is 8.75 Å². The van der Waals surface area contributed by atoms with E-state index < -0.39 is 11.8 Å². The Morgan fingerprint density at radius 2 is 1.36 bits per heavy atom. The van der Waals surface area contributed by atoms with Crippen molar-refractivity contribution in [1.29, 1.82) is 0 Å². The Bertz CT molecular complexity index is 1650. The van der Waals surface area contributed by atoms with Crippen LogP contribution in [0.3, 0.4) is 0 Å². The smallest absolute Gasteiger partial charge is 0.545 e. The van der Waals surface area contributed by atoms with Crippen LogP contribution in [0.5, 0.6) is 23.0 Å². The summed E-state index contributed by atoms with van der Waals surface area (Å²) >= 11 is 1.02. The predicted molar refractivity (Wildman–Crippen MR) is 164 cm³/mol. The maximum absolute atomic E-state index is 14.1. The molecule has 44 heavy (non-hydrogen) atoms. The van der Waals surface area contributed by atoms with Gasteiger partial charge in [0.2, 0.25) is 5.75 Å². The van der Waals surface area contributed by atoms with Crippen LogP contribution in [0.15, 0.2) is 60.2 Å². The van der Waals surface area contributed by atoms with Crippen LogP contribution < -0.4 is 53.6 Å². The average molecular weight is 627 g/mol. The molecule has 0 aliphatic rings. The molecule has 3 aromatic carbocycles. The fourth-order valence-electron chi connectivity index (χ4n) is 4.55. The molecular formula is C33H35N2NaO7S. The summed E-state index contributed by atoms with van der Waals surface area (Å²) < 4.78 is 31.9. The molecule has 9 nitrogen and oxygen atoms in total. The molecule has 4 rings (SSSR count). The standard InChI is InChI=1S/C33H36N2O7S.Na/c1-18(2)40-24-11-8-22(9-12-24)31(36)25(30(33(37)38)23-10-13-26-27(17-23)35-43-34-26)14-21-15-28(39-7)32(42-20(5)6)29(16-21)41-19(3)4;/h8-13,15-20H,14H2,1-7H3,(H,37,38);/q;+1/p-1. The van der Waals surface area contributed by atoms with Crippen LogP contribution in [-0.4, -0.2) is 45.9 Å². The molecule has 0 bridgehead atoms. The number of fused-ring (bicyclic) bond motifs is 1. The molecule has 0 N–H and O–H groups in total. The van der Waals surface area contributed by atoms with Crippen LogP contribution in [0.2, 0.25) is 0 Å². The van der Waals surface area contributed by atoms with Crippen molar-refractivity contribution in [3.05, 3.63) is 76.9 Å². The van der Waals surface area contributed by atoms with Crippen LogP contribution in [0.25, 0.3) is 16.6 Å². The summed E-state index contributed by atoms with van der Waals surface area (Å²) in [5, 5.41) is 12.8. The second-order valence-electron chi connectivity index (χ2n) is 10.8. The molecule has 1 aromatic heterocycles. The number of hydrogen-bond donors (Lipinski definition) is 0. The minimum atomic E-state index is -1.49. The summed E-state index contributed by atoms with van der Waals surface area (Å²) in [6, 6.07) is 15.0. The number of ether oxygens (including phenoxy) is 4. The summed E-state index contributed by atoms with van der Waals surface area (Å²) in [6.45, 7) is 11.4. The number of ketones is 1. The summed E-state index contributed by atoms with van der Waals surface area (Å²) in [6.07, 6.45) is -0.452. The van der Waals surface area contributed by atoms with Crippen molar-refractivity contribution in [2.45, 2.75) is 66.3 Å². The van der Waals surface area contributed by atoms with Crippen molar-refractivity contribution in [2.24, 2.45) is 0 Å². The first kappa shape index (κ1) is 35.0. The SMILES string of the molecule is COc1cc(CC(C(=O)c2ccc(OC(C)C)cc2)=C(C(=O)[O-])c2ccc3nsnc3c2)cc(OC(C)C)c1OC(C)C.[Na+]. The zero-order chi connectivity index (χ0) is 31.3. The molecule has 0 spiro atoms. The van der Waals surface area contributed by atoms with Gasteiger partial charge in [0, 0.05) is 23.1 Å². The Hall–Kier alpha value is -3.44. The van der Waals surface area contributed by atoms with Crippen LogP contribution in [0.1, 0.15) is 63.0 Å². The number of carboxylic acid groups (broad SMARTS) is 1. The minimum absolute atomic E-state index is 0. The third-order valence-corrected chi connectivity index (χ3v) is 6.77. The Morgan fingerprint density at radius 1 is 0.773 bits per heavy atom. The van der Waals surface area contributed by atoms with Gasteiger partial charge in [0.1, 0.15) is 16.8 Å². The van der Waals surface area contributed by atoms with E-state index in [9.17, 15) is 14.7 Å². The van der Waals surface area contributed by atoms with Gasteiger partial charge in [-0.15, -0.1) is 0 Å². The molecular weight excluding hydrogens is 591 g/mol. The molecule has 4 aromatic rings. The number of Topliss-reactive ketones (excluding diaryl/α,β-unsaturated/α-hetero) is 1. The predicted octanol–water partition coefficient (Wildman–Crippen LogP) is 2.69. The monoisotopic (exact) mass is 626 g/mol. The van der Waals surface area contributed by atoms with Gasteiger partial charge in [0.25, 0.3) is 0 Å². The summed E-state index contributed by atoms with van der Waals surface area (Å²) in [5.74, 6) is -0.122. The zero-order valence-corrected chi connectivity index (χ0v) is 29.1. The Kier molecular flexibility index (Phi) is 12.4. The molecule has 0 unspecified atom stereocenters. The number of methoxy groups -OCH3 is 1. The fraction of sp³-hybridized carbons (Fsp3) is 0.333. The maximum atomic E-state index is 14.1. The van der Waals surface area contributed by atoms with E-state index >= 15 is 0 Å². The molecule has 0 amide bonds. The van der Waals surface area contributed by atoms with Gasteiger partial charge in [-0.05, 0) is 101 Å².